The van der Waals surface area contributed by atoms with Crippen LogP contribution < -0.4 is 0 Å². The van der Waals surface area contributed by atoms with Gasteiger partial charge in [0.05, 0.1) is 11.4 Å². The predicted octanol–water partition coefficient (Wildman–Crippen LogP) is 14.5. The van der Waals surface area contributed by atoms with Crippen molar-refractivity contribution in [2.24, 2.45) is 0 Å². The lowest BCUT2D eigenvalue weighted by molar-refractivity contribution is 0.589. The van der Waals surface area contributed by atoms with Crippen LogP contribution in [0.2, 0.25) is 0 Å². The number of hydrogen-bond acceptors (Lipinski definition) is 2. The molecular weight excluding hydrogens is 696 g/mol. The van der Waals surface area contributed by atoms with Crippen LogP contribution >= 0.6 is 15.9 Å². The summed E-state index contributed by atoms with van der Waals surface area (Å²) in [7, 11) is 0. The van der Waals surface area contributed by atoms with Gasteiger partial charge in [0.2, 0.25) is 0 Å². The molecule has 2 nitrogen and oxygen atoms in total. The van der Waals surface area contributed by atoms with Gasteiger partial charge in [0.25, 0.3) is 0 Å². The van der Waals surface area contributed by atoms with E-state index >= 15 is 0 Å². The third-order valence-electron chi connectivity index (χ3n) is 9.61. The van der Waals surface area contributed by atoms with Crippen molar-refractivity contribution < 1.29 is 0 Å². The molecule has 0 aliphatic heterocycles. The van der Waals surface area contributed by atoms with Gasteiger partial charge in [0.15, 0.2) is 0 Å². The molecule has 0 aliphatic carbocycles. The highest BCUT2D eigenvalue weighted by atomic mass is 79.9. The van der Waals surface area contributed by atoms with Crippen LogP contribution in [0.3, 0.4) is 0 Å². The Labute approximate surface area is 318 Å². The van der Waals surface area contributed by atoms with Crippen molar-refractivity contribution >= 4 is 15.9 Å². The molecule has 0 spiro atoms. The van der Waals surface area contributed by atoms with Crippen LogP contribution in [0.25, 0.3) is 67.0 Å². The number of hydrogen-bond donors (Lipinski definition) is 0. The molecule has 0 saturated heterocycles. The first-order chi connectivity index (χ1) is 24.4. The number of aromatic nitrogens is 2. The Balaban J connectivity index is 0.00000464. The van der Waals surface area contributed by atoms with Crippen molar-refractivity contribution in [2.45, 2.75) is 59.8 Å². The zero-order valence-corrected chi connectivity index (χ0v) is 31.8. The van der Waals surface area contributed by atoms with E-state index < -0.39 is 0 Å². The fourth-order valence-electron chi connectivity index (χ4n) is 6.62. The molecule has 260 valence electrons. The standard InChI is InChI=1S/C48H43BrN2.CH4/c1-47(2,3)38-23-25-50-45(30-38)34-19-15-32(16-20-34)41-11-7-9-13-43(41)36-27-37(29-40(49)28-36)44-14-10-8-12-42(44)33-17-21-35(22-18-33)46-31-39(24-26-51-46)48(4,5)6;/h7-31H,1-6H3;1H4. The van der Waals surface area contributed by atoms with Crippen LogP contribution in [0.4, 0.5) is 0 Å². The fourth-order valence-corrected chi connectivity index (χ4v) is 7.12. The molecule has 7 aromatic rings. The topological polar surface area (TPSA) is 25.8 Å². The molecule has 0 radical (unpaired) electrons. The van der Waals surface area contributed by atoms with Crippen LogP contribution in [-0.4, -0.2) is 9.97 Å². The monoisotopic (exact) mass is 742 g/mol. The highest BCUT2D eigenvalue weighted by Gasteiger charge is 2.17. The van der Waals surface area contributed by atoms with E-state index in [9.17, 15) is 0 Å². The molecule has 2 aromatic heterocycles. The second-order valence-corrected chi connectivity index (χ2v) is 16.2. The summed E-state index contributed by atoms with van der Waals surface area (Å²) < 4.78 is 1.04. The minimum atomic E-state index is 0. The molecule has 3 heteroatoms. The van der Waals surface area contributed by atoms with Crippen LogP contribution in [-0.2, 0) is 10.8 Å². The summed E-state index contributed by atoms with van der Waals surface area (Å²) in [5, 5.41) is 0. The van der Waals surface area contributed by atoms with Gasteiger partial charge in [-0.3, -0.25) is 9.97 Å². The maximum atomic E-state index is 4.69. The summed E-state index contributed by atoms with van der Waals surface area (Å²) in [6, 6.07) is 50.3. The Hall–Kier alpha value is -5.12. The Morgan fingerprint density at radius 3 is 1.06 bits per heavy atom. The number of halogens is 1. The summed E-state index contributed by atoms with van der Waals surface area (Å²) in [6.45, 7) is 13.4. The smallest absolute Gasteiger partial charge is 0.0704 e. The second-order valence-electron chi connectivity index (χ2n) is 15.3. The quantitative estimate of drug-likeness (QED) is 0.169. The van der Waals surface area contributed by atoms with E-state index in [0.717, 1.165) is 38.1 Å². The van der Waals surface area contributed by atoms with E-state index in [0.29, 0.717) is 0 Å². The molecular formula is C49H47BrN2. The minimum Gasteiger partial charge on any atom is -0.256 e. The normalized spacial score (nSPS) is 11.6. The Morgan fingerprint density at radius 1 is 0.385 bits per heavy atom. The molecule has 0 bridgehead atoms. The molecule has 0 fully saturated rings. The molecule has 0 unspecified atom stereocenters. The van der Waals surface area contributed by atoms with Crippen LogP contribution in [0, 0.1) is 0 Å². The van der Waals surface area contributed by atoms with Gasteiger partial charge in [-0.2, -0.15) is 0 Å². The number of pyridine rings is 2. The lowest BCUT2D eigenvalue weighted by atomic mass is 9.86. The molecule has 0 saturated carbocycles. The van der Waals surface area contributed by atoms with Crippen molar-refractivity contribution in [1.29, 1.82) is 0 Å². The second kappa shape index (κ2) is 14.9. The Morgan fingerprint density at radius 2 is 0.712 bits per heavy atom. The van der Waals surface area contributed by atoms with Crippen LogP contribution in [0.15, 0.2) is 156 Å². The molecule has 52 heavy (non-hydrogen) atoms. The van der Waals surface area contributed by atoms with Crippen molar-refractivity contribution in [2.75, 3.05) is 0 Å². The number of nitrogens with zero attached hydrogens (tertiary/aromatic N) is 2. The SMILES string of the molecule is C.CC(C)(C)c1ccnc(-c2ccc(-c3ccccc3-c3cc(Br)cc(-c4ccccc4-c4ccc(-c5cc(C(C)(C)C)ccn5)cc4)c3)cc2)c1. The number of benzene rings is 5. The molecule has 0 amide bonds. The zero-order chi connectivity index (χ0) is 35.8. The van der Waals surface area contributed by atoms with E-state index in [1.54, 1.807) is 0 Å². The van der Waals surface area contributed by atoms with Gasteiger partial charge in [-0.25, -0.2) is 0 Å². The van der Waals surface area contributed by atoms with Gasteiger partial charge in [-0.05, 0) is 109 Å². The van der Waals surface area contributed by atoms with Crippen molar-refractivity contribution in [3.63, 3.8) is 0 Å². The first-order valence-corrected chi connectivity index (χ1v) is 18.4. The van der Waals surface area contributed by atoms with E-state index in [4.69, 9.17) is 0 Å². The largest absolute Gasteiger partial charge is 0.256 e. The molecule has 0 aliphatic rings. The van der Waals surface area contributed by atoms with Gasteiger partial charge in [0.1, 0.15) is 0 Å². The van der Waals surface area contributed by atoms with E-state index in [2.05, 4.69) is 207 Å². The lowest BCUT2D eigenvalue weighted by Crippen LogP contribution is -2.11. The Bertz CT molecular complexity index is 2160. The minimum absolute atomic E-state index is 0. The average molecular weight is 744 g/mol. The fraction of sp³-hybridized carbons (Fsp3) is 0.184. The third kappa shape index (κ3) is 7.86. The zero-order valence-electron chi connectivity index (χ0n) is 30.2. The molecule has 2 heterocycles. The molecule has 0 atom stereocenters. The maximum absolute atomic E-state index is 4.69. The predicted molar refractivity (Wildman–Crippen MR) is 226 cm³/mol. The number of rotatable bonds is 6. The van der Waals surface area contributed by atoms with Crippen LogP contribution in [0.1, 0.15) is 60.1 Å². The summed E-state index contributed by atoms with van der Waals surface area (Å²) in [5.74, 6) is 0. The summed E-state index contributed by atoms with van der Waals surface area (Å²) in [4.78, 5) is 9.38. The molecule has 7 rings (SSSR count). The highest BCUT2D eigenvalue weighted by molar-refractivity contribution is 9.10. The van der Waals surface area contributed by atoms with E-state index in [-0.39, 0.29) is 18.3 Å². The molecule has 5 aromatic carbocycles. The van der Waals surface area contributed by atoms with Crippen LogP contribution in [0.5, 0.6) is 0 Å². The van der Waals surface area contributed by atoms with Gasteiger partial charge in [0, 0.05) is 28.0 Å². The summed E-state index contributed by atoms with van der Waals surface area (Å²) in [6.07, 6.45) is 3.84. The van der Waals surface area contributed by atoms with Gasteiger partial charge < -0.3 is 0 Å². The molecule has 0 N–H and O–H groups in total. The maximum Gasteiger partial charge on any atom is 0.0704 e. The third-order valence-corrected chi connectivity index (χ3v) is 10.1. The lowest BCUT2D eigenvalue weighted by Gasteiger charge is -2.19. The summed E-state index contributed by atoms with van der Waals surface area (Å²) in [5.41, 5.74) is 16.4. The van der Waals surface area contributed by atoms with Gasteiger partial charge in [-0.15, -0.1) is 0 Å². The van der Waals surface area contributed by atoms with Gasteiger partial charge in [-0.1, -0.05) is 162 Å². The van der Waals surface area contributed by atoms with Crippen molar-refractivity contribution in [1.82, 2.24) is 9.97 Å². The Kier molecular flexibility index (Phi) is 10.5. The first kappa shape index (κ1) is 36.7. The van der Waals surface area contributed by atoms with E-state index in [1.165, 1.54) is 44.5 Å². The van der Waals surface area contributed by atoms with Gasteiger partial charge >= 0.3 is 0 Å². The summed E-state index contributed by atoms with van der Waals surface area (Å²) >= 11 is 3.87. The van der Waals surface area contributed by atoms with E-state index in [1.807, 2.05) is 12.4 Å². The average Bonchev–Trinajstić information content (AvgIpc) is 3.14. The van der Waals surface area contributed by atoms with Crippen molar-refractivity contribution in [3.05, 3.63) is 168 Å². The highest BCUT2D eigenvalue weighted by Crippen LogP contribution is 2.40. The first-order valence-electron chi connectivity index (χ1n) is 17.6. The van der Waals surface area contributed by atoms with Crippen molar-refractivity contribution in [3.8, 4) is 67.0 Å².